The third-order valence-corrected chi connectivity index (χ3v) is 2.91. The number of fused-ring (bicyclic) bond motifs is 1. The van der Waals surface area contributed by atoms with Crippen LogP contribution < -0.4 is 5.32 Å². The van der Waals surface area contributed by atoms with Crippen molar-refractivity contribution in [3.63, 3.8) is 0 Å². The lowest BCUT2D eigenvalue weighted by atomic mass is 10.0. The van der Waals surface area contributed by atoms with Crippen LogP contribution in [0.4, 0.5) is 0 Å². The van der Waals surface area contributed by atoms with Crippen LogP contribution in [-0.4, -0.2) is 28.8 Å². The van der Waals surface area contributed by atoms with Gasteiger partial charge >= 0.3 is 0 Å². The average molecular weight is 262 g/mol. The lowest BCUT2D eigenvalue weighted by molar-refractivity contribution is -0.120. The predicted molar refractivity (Wildman–Crippen MR) is 71.9 cm³/mol. The summed E-state index contributed by atoms with van der Waals surface area (Å²) in [6.45, 7) is 5.83. The highest BCUT2D eigenvalue weighted by Gasteiger charge is 2.14. The fourth-order valence-electron chi connectivity index (χ4n) is 2.12. The zero-order valence-electron chi connectivity index (χ0n) is 11.4. The first-order valence-electron chi connectivity index (χ1n) is 6.27. The van der Waals surface area contributed by atoms with Crippen molar-refractivity contribution in [2.45, 2.75) is 33.3 Å². The molecule has 0 saturated heterocycles. The van der Waals surface area contributed by atoms with Crippen molar-refractivity contribution < 1.29 is 14.4 Å². The lowest BCUT2D eigenvalue weighted by Crippen LogP contribution is -2.31. The number of rotatable bonds is 4. The number of benzene rings is 1. The van der Waals surface area contributed by atoms with Crippen LogP contribution in [0, 0.1) is 13.8 Å². The summed E-state index contributed by atoms with van der Waals surface area (Å²) < 4.78 is 5.26. The highest BCUT2D eigenvalue weighted by Crippen LogP contribution is 2.24. The van der Waals surface area contributed by atoms with Crippen molar-refractivity contribution in [2.75, 3.05) is 6.54 Å². The predicted octanol–water partition coefficient (Wildman–Crippen LogP) is 1.48. The first-order valence-corrected chi connectivity index (χ1v) is 6.27. The Bertz CT molecular complexity index is 602. The number of carbonyl (C=O) groups excluding carboxylic acids is 1. The van der Waals surface area contributed by atoms with Crippen molar-refractivity contribution in [3.05, 3.63) is 29.0 Å². The zero-order chi connectivity index (χ0) is 14.0. The summed E-state index contributed by atoms with van der Waals surface area (Å²) in [5.41, 5.74) is 3.49. The zero-order valence-corrected chi connectivity index (χ0v) is 11.4. The van der Waals surface area contributed by atoms with Gasteiger partial charge in [-0.2, -0.15) is 0 Å². The highest BCUT2D eigenvalue weighted by molar-refractivity contribution is 5.88. The third-order valence-electron chi connectivity index (χ3n) is 2.91. The second-order valence-electron chi connectivity index (χ2n) is 4.91. The molecule has 1 atom stereocenters. The molecule has 2 N–H and O–H groups in total. The second-order valence-corrected chi connectivity index (χ2v) is 4.91. The normalized spacial score (nSPS) is 12.6. The van der Waals surface area contributed by atoms with Gasteiger partial charge in [0.15, 0.2) is 5.58 Å². The van der Waals surface area contributed by atoms with E-state index in [2.05, 4.69) is 10.5 Å². The molecule has 2 aromatic rings. The van der Waals surface area contributed by atoms with Gasteiger partial charge in [-0.3, -0.25) is 4.79 Å². The van der Waals surface area contributed by atoms with Crippen molar-refractivity contribution in [3.8, 4) is 0 Å². The van der Waals surface area contributed by atoms with E-state index in [4.69, 9.17) is 9.63 Å². The van der Waals surface area contributed by atoms with Crippen molar-refractivity contribution in [1.82, 2.24) is 10.5 Å². The number of nitrogens with zero attached hydrogens (tertiary/aromatic N) is 1. The maximum absolute atomic E-state index is 11.7. The minimum Gasteiger partial charge on any atom is -0.392 e. The number of aromatic nitrogens is 1. The first kappa shape index (κ1) is 13.5. The molecule has 19 heavy (non-hydrogen) atoms. The van der Waals surface area contributed by atoms with Crippen LogP contribution in [0.25, 0.3) is 11.0 Å². The summed E-state index contributed by atoms with van der Waals surface area (Å²) in [7, 11) is 0. The molecule has 0 aliphatic heterocycles. The lowest BCUT2D eigenvalue weighted by Gasteiger charge is -2.06. The number of nitrogens with one attached hydrogen (secondary N) is 1. The van der Waals surface area contributed by atoms with Gasteiger partial charge in [-0.25, -0.2) is 0 Å². The number of hydrogen-bond acceptors (Lipinski definition) is 4. The fourth-order valence-corrected chi connectivity index (χ4v) is 2.12. The molecule has 0 radical (unpaired) electrons. The van der Waals surface area contributed by atoms with Gasteiger partial charge in [-0.05, 0) is 38.0 Å². The molecular weight excluding hydrogens is 244 g/mol. The minimum atomic E-state index is -0.553. The summed E-state index contributed by atoms with van der Waals surface area (Å²) in [5.74, 6) is -0.170. The SMILES string of the molecule is Cc1cc(C)c2c(CC(=O)NCC(C)O)noc2c1. The number of amides is 1. The Morgan fingerprint density at radius 3 is 2.89 bits per heavy atom. The second kappa shape index (κ2) is 5.40. The number of aliphatic hydroxyl groups excluding tert-OH is 1. The Hall–Kier alpha value is -1.88. The van der Waals surface area contributed by atoms with Gasteiger partial charge in [0.2, 0.25) is 5.91 Å². The summed E-state index contributed by atoms with van der Waals surface area (Å²) in [6, 6.07) is 3.95. The van der Waals surface area contributed by atoms with Crippen molar-refractivity contribution in [1.29, 1.82) is 0 Å². The van der Waals surface area contributed by atoms with Gasteiger partial charge in [0.05, 0.1) is 12.5 Å². The Morgan fingerprint density at radius 1 is 1.47 bits per heavy atom. The minimum absolute atomic E-state index is 0.156. The molecule has 0 aliphatic rings. The van der Waals surface area contributed by atoms with Crippen LogP contribution in [-0.2, 0) is 11.2 Å². The monoisotopic (exact) mass is 262 g/mol. The van der Waals surface area contributed by atoms with Crippen LogP contribution in [0.15, 0.2) is 16.7 Å². The topological polar surface area (TPSA) is 75.4 Å². The number of aryl methyl sites for hydroxylation is 2. The Morgan fingerprint density at radius 2 is 2.21 bits per heavy atom. The summed E-state index contributed by atoms with van der Waals surface area (Å²) in [5, 5.41) is 16.6. The molecule has 0 spiro atoms. The molecule has 1 unspecified atom stereocenters. The molecule has 0 saturated carbocycles. The van der Waals surface area contributed by atoms with E-state index in [0.29, 0.717) is 11.3 Å². The van der Waals surface area contributed by atoms with E-state index < -0.39 is 6.10 Å². The molecule has 0 aliphatic carbocycles. The van der Waals surface area contributed by atoms with Crippen LogP contribution in [0.2, 0.25) is 0 Å². The average Bonchev–Trinajstić information content (AvgIpc) is 2.69. The largest absolute Gasteiger partial charge is 0.392 e. The first-order chi connectivity index (χ1) is 8.97. The van der Waals surface area contributed by atoms with Gasteiger partial charge < -0.3 is 14.9 Å². The molecule has 102 valence electrons. The number of carbonyl (C=O) groups is 1. The molecule has 1 aromatic heterocycles. The Labute approximate surface area is 111 Å². The van der Waals surface area contributed by atoms with E-state index in [1.165, 1.54) is 0 Å². The molecule has 2 rings (SSSR count). The highest BCUT2D eigenvalue weighted by atomic mass is 16.5. The van der Waals surface area contributed by atoms with E-state index in [0.717, 1.165) is 16.5 Å². The van der Waals surface area contributed by atoms with Crippen LogP contribution in [0.1, 0.15) is 23.7 Å². The smallest absolute Gasteiger partial charge is 0.226 e. The van der Waals surface area contributed by atoms with Gasteiger partial charge in [0, 0.05) is 11.9 Å². The van der Waals surface area contributed by atoms with E-state index >= 15 is 0 Å². The van der Waals surface area contributed by atoms with Gasteiger partial charge in [0.1, 0.15) is 5.69 Å². The van der Waals surface area contributed by atoms with Crippen molar-refractivity contribution in [2.24, 2.45) is 0 Å². The maximum atomic E-state index is 11.7. The van der Waals surface area contributed by atoms with Crippen LogP contribution in [0.3, 0.4) is 0 Å². The molecular formula is C14H18N2O3. The summed E-state index contributed by atoms with van der Waals surface area (Å²) in [6.07, 6.45) is -0.397. The molecule has 5 heteroatoms. The number of hydrogen-bond donors (Lipinski definition) is 2. The van der Waals surface area contributed by atoms with Gasteiger partial charge in [-0.15, -0.1) is 0 Å². The van der Waals surface area contributed by atoms with Crippen LogP contribution >= 0.6 is 0 Å². The Balaban J connectivity index is 2.20. The quantitative estimate of drug-likeness (QED) is 0.875. The van der Waals surface area contributed by atoms with E-state index in [9.17, 15) is 4.79 Å². The van der Waals surface area contributed by atoms with Crippen LogP contribution in [0.5, 0.6) is 0 Å². The van der Waals surface area contributed by atoms with Crippen molar-refractivity contribution >= 4 is 16.9 Å². The molecule has 0 bridgehead atoms. The molecule has 1 aromatic carbocycles. The van der Waals surface area contributed by atoms with E-state index in [-0.39, 0.29) is 18.9 Å². The van der Waals surface area contributed by atoms with Gasteiger partial charge in [0.25, 0.3) is 0 Å². The third kappa shape index (κ3) is 3.12. The summed E-state index contributed by atoms with van der Waals surface area (Å²) in [4.78, 5) is 11.7. The fraction of sp³-hybridized carbons (Fsp3) is 0.429. The maximum Gasteiger partial charge on any atom is 0.226 e. The Kier molecular flexibility index (Phi) is 3.85. The molecule has 1 amide bonds. The molecule has 0 fully saturated rings. The summed E-state index contributed by atoms with van der Waals surface area (Å²) >= 11 is 0. The molecule has 1 heterocycles. The van der Waals surface area contributed by atoms with E-state index in [1.54, 1.807) is 6.92 Å². The van der Waals surface area contributed by atoms with E-state index in [1.807, 2.05) is 26.0 Å². The number of aliphatic hydroxyl groups is 1. The molecule has 5 nitrogen and oxygen atoms in total. The standard InChI is InChI=1S/C14H18N2O3/c1-8-4-9(2)14-11(16-19-12(14)5-8)6-13(18)15-7-10(3)17/h4-5,10,17H,6-7H2,1-3H3,(H,15,18). The van der Waals surface area contributed by atoms with Gasteiger partial charge in [-0.1, -0.05) is 11.2 Å².